The Balaban J connectivity index is 2.19. The van der Waals surface area contributed by atoms with Gasteiger partial charge in [-0.25, -0.2) is 0 Å². The Morgan fingerprint density at radius 3 is 2.88 bits per heavy atom. The standard InChI is InChI=1S/C15H20O2/c1-10(11(2)16)12-4-5-14-9-15(17-3)7-6-13(14)8-12/h4-5,9-10,13H,6-8H2,1-3H3/t10-,13?/m1/s1. The van der Waals surface area contributed by atoms with Gasteiger partial charge in [0.1, 0.15) is 5.78 Å². The molecular weight excluding hydrogens is 212 g/mol. The molecule has 0 amide bonds. The summed E-state index contributed by atoms with van der Waals surface area (Å²) in [6, 6.07) is 0. The number of ketones is 1. The normalized spacial score (nSPS) is 25.1. The summed E-state index contributed by atoms with van der Waals surface area (Å²) >= 11 is 0. The minimum atomic E-state index is 0.0700. The Labute approximate surface area is 103 Å². The predicted octanol–water partition coefficient (Wildman–Crippen LogP) is 3.41. The van der Waals surface area contributed by atoms with E-state index in [1.165, 1.54) is 11.1 Å². The molecule has 0 saturated carbocycles. The van der Waals surface area contributed by atoms with Crippen molar-refractivity contribution in [2.24, 2.45) is 11.8 Å². The number of carbonyl (C=O) groups excluding carboxylic acids is 1. The Hall–Kier alpha value is -1.31. The highest BCUT2D eigenvalue weighted by atomic mass is 16.5. The van der Waals surface area contributed by atoms with Crippen LogP contribution >= 0.6 is 0 Å². The highest BCUT2D eigenvalue weighted by Crippen LogP contribution is 2.37. The second kappa shape index (κ2) is 4.91. The van der Waals surface area contributed by atoms with E-state index in [9.17, 15) is 4.79 Å². The molecule has 0 heterocycles. The number of hydrogen-bond acceptors (Lipinski definition) is 2. The van der Waals surface area contributed by atoms with Crippen molar-refractivity contribution in [1.82, 2.24) is 0 Å². The molecule has 0 aromatic rings. The van der Waals surface area contributed by atoms with Gasteiger partial charge in [0.2, 0.25) is 0 Å². The van der Waals surface area contributed by atoms with Gasteiger partial charge in [0.15, 0.2) is 0 Å². The van der Waals surface area contributed by atoms with Gasteiger partial charge >= 0.3 is 0 Å². The monoisotopic (exact) mass is 232 g/mol. The summed E-state index contributed by atoms with van der Waals surface area (Å²) < 4.78 is 5.30. The van der Waals surface area contributed by atoms with Gasteiger partial charge in [0, 0.05) is 12.3 Å². The van der Waals surface area contributed by atoms with Crippen molar-refractivity contribution < 1.29 is 9.53 Å². The van der Waals surface area contributed by atoms with Crippen molar-refractivity contribution in [3.05, 3.63) is 35.1 Å². The van der Waals surface area contributed by atoms with Crippen molar-refractivity contribution >= 4 is 5.78 Å². The van der Waals surface area contributed by atoms with Crippen LogP contribution in [0.3, 0.4) is 0 Å². The fourth-order valence-electron chi connectivity index (χ4n) is 2.56. The molecule has 92 valence electrons. The van der Waals surface area contributed by atoms with Crippen LogP contribution in [0, 0.1) is 11.8 Å². The third-order valence-electron chi connectivity index (χ3n) is 3.94. The van der Waals surface area contributed by atoms with Gasteiger partial charge in [-0.15, -0.1) is 0 Å². The summed E-state index contributed by atoms with van der Waals surface area (Å²) in [6.07, 6.45) is 9.60. The largest absolute Gasteiger partial charge is 0.501 e. The van der Waals surface area contributed by atoms with Crippen LogP contribution in [0.15, 0.2) is 35.1 Å². The summed E-state index contributed by atoms with van der Waals surface area (Å²) in [5, 5.41) is 0. The van der Waals surface area contributed by atoms with E-state index >= 15 is 0 Å². The molecule has 2 aliphatic carbocycles. The number of fused-ring (bicyclic) bond motifs is 1. The minimum Gasteiger partial charge on any atom is -0.501 e. The number of ether oxygens (including phenoxy) is 1. The average Bonchev–Trinajstić information content (AvgIpc) is 2.36. The molecule has 2 nitrogen and oxygen atoms in total. The van der Waals surface area contributed by atoms with Crippen LogP contribution in [0.2, 0.25) is 0 Å². The van der Waals surface area contributed by atoms with E-state index in [1.807, 2.05) is 6.92 Å². The van der Waals surface area contributed by atoms with Crippen molar-refractivity contribution in [2.75, 3.05) is 7.11 Å². The van der Waals surface area contributed by atoms with E-state index in [2.05, 4.69) is 18.2 Å². The molecule has 1 unspecified atom stereocenters. The van der Waals surface area contributed by atoms with Crippen LogP contribution in [-0.4, -0.2) is 12.9 Å². The highest BCUT2D eigenvalue weighted by Gasteiger charge is 2.25. The summed E-state index contributed by atoms with van der Waals surface area (Å²) in [5.41, 5.74) is 2.63. The van der Waals surface area contributed by atoms with Crippen LogP contribution in [0.1, 0.15) is 33.1 Å². The third-order valence-corrected chi connectivity index (χ3v) is 3.94. The van der Waals surface area contributed by atoms with E-state index < -0.39 is 0 Å². The Bertz CT molecular complexity index is 413. The molecule has 0 spiro atoms. The van der Waals surface area contributed by atoms with Gasteiger partial charge in [-0.2, -0.15) is 0 Å². The third kappa shape index (κ3) is 2.51. The summed E-state index contributed by atoms with van der Waals surface area (Å²) in [7, 11) is 1.73. The molecule has 0 radical (unpaired) electrons. The number of Topliss-reactive ketones (excluding diaryl/α,β-unsaturated/α-hetero) is 1. The summed E-state index contributed by atoms with van der Waals surface area (Å²) in [4.78, 5) is 11.4. The van der Waals surface area contributed by atoms with Crippen LogP contribution < -0.4 is 0 Å². The number of allylic oxidation sites excluding steroid dienone is 6. The molecule has 2 heteroatoms. The molecule has 0 aliphatic heterocycles. The van der Waals surface area contributed by atoms with Gasteiger partial charge in [0.25, 0.3) is 0 Å². The van der Waals surface area contributed by atoms with Crippen molar-refractivity contribution in [2.45, 2.75) is 33.1 Å². The molecule has 0 aromatic heterocycles. The van der Waals surface area contributed by atoms with Crippen molar-refractivity contribution in [3.8, 4) is 0 Å². The first-order chi connectivity index (χ1) is 8.11. The second-order valence-corrected chi connectivity index (χ2v) is 5.00. The maximum absolute atomic E-state index is 11.4. The number of rotatable bonds is 3. The van der Waals surface area contributed by atoms with Gasteiger partial charge in [0.05, 0.1) is 12.9 Å². The van der Waals surface area contributed by atoms with Gasteiger partial charge in [-0.1, -0.05) is 24.6 Å². The molecule has 0 aromatic carbocycles. The first-order valence-electron chi connectivity index (χ1n) is 6.27. The fourth-order valence-corrected chi connectivity index (χ4v) is 2.56. The zero-order valence-corrected chi connectivity index (χ0v) is 10.8. The Kier molecular flexibility index (Phi) is 3.51. The molecule has 2 atom stereocenters. The first kappa shape index (κ1) is 12.2. The van der Waals surface area contributed by atoms with Crippen LogP contribution in [-0.2, 0) is 9.53 Å². The molecule has 0 fully saturated rings. The molecule has 2 aliphatic rings. The molecule has 0 saturated heterocycles. The van der Waals surface area contributed by atoms with Gasteiger partial charge in [-0.3, -0.25) is 4.79 Å². The van der Waals surface area contributed by atoms with E-state index in [4.69, 9.17) is 4.74 Å². The Morgan fingerprint density at radius 1 is 1.47 bits per heavy atom. The molecule has 0 N–H and O–H groups in total. The maximum atomic E-state index is 11.4. The zero-order chi connectivity index (χ0) is 12.4. The van der Waals surface area contributed by atoms with Gasteiger partial charge < -0.3 is 4.74 Å². The van der Waals surface area contributed by atoms with Crippen LogP contribution in [0.25, 0.3) is 0 Å². The van der Waals surface area contributed by atoms with Crippen molar-refractivity contribution in [1.29, 1.82) is 0 Å². The van der Waals surface area contributed by atoms with Crippen molar-refractivity contribution in [3.63, 3.8) is 0 Å². The molecular formula is C15H20O2. The van der Waals surface area contributed by atoms with E-state index in [1.54, 1.807) is 14.0 Å². The van der Waals surface area contributed by atoms with Crippen LogP contribution in [0.5, 0.6) is 0 Å². The zero-order valence-electron chi connectivity index (χ0n) is 10.8. The quantitative estimate of drug-likeness (QED) is 0.745. The lowest BCUT2D eigenvalue weighted by atomic mass is 9.77. The van der Waals surface area contributed by atoms with E-state index in [-0.39, 0.29) is 11.7 Å². The minimum absolute atomic E-state index is 0.0700. The number of methoxy groups -OCH3 is 1. The number of carbonyl (C=O) groups is 1. The lowest BCUT2D eigenvalue weighted by molar-refractivity contribution is -0.119. The average molecular weight is 232 g/mol. The van der Waals surface area contributed by atoms with E-state index in [0.29, 0.717) is 5.92 Å². The van der Waals surface area contributed by atoms with E-state index in [0.717, 1.165) is 25.0 Å². The molecule has 0 bridgehead atoms. The molecule has 17 heavy (non-hydrogen) atoms. The van der Waals surface area contributed by atoms with Crippen LogP contribution in [0.4, 0.5) is 0 Å². The summed E-state index contributed by atoms with van der Waals surface area (Å²) in [5.74, 6) is 1.98. The fraction of sp³-hybridized carbons (Fsp3) is 0.533. The lowest BCUT2D eigenvalue weighted by Gasteiger charge is -2.29. The number of hydrogen-bond donors (Lipinski definition) is 0. The predicted molar refractivity (Wildman–Crippen MR) is 68.4 cm³/mol. The van der Waals surface area contributed by atoms with Gasteiger partial charge in [-0.05, 0) is 37.3 Å². The topological polar surface area (TPSA) is 26.3 Å². The Morgan fingerprint density at radius 2 is 2.24 bits per heavy atom. The molecule has 2 rings (SSSR count). The lowest BCUT2D eigenvalue weighted by Crippen LogP contribution is -2.18. The first-order valence-corrected chi connectivity index (χ1v) is 6.27. The highest BCUT2D eigenvalue weighted by molar-refractivity contribution is 5.81. The smallest absolute Gasteiger partial charge is 0.136 e. The summed E-state index contributed by atoms with van der Waals surface area (Å²) in [6.45, 7) is 3.68. The maximum Gasteiger partial charge on any atom is 0.136 e. The SMILES string of the molecule is COC1=CC2=CC=C([C@H](C)C(C)=O)CC2CC1. The second-order valence-electron chi connectivity index (χ2n) is 5.00.